The SMILES string of the molecule is O=C(c1ccc(Cl)cc1)N1CCN(C(=O)c2ccc(COc3ccccc3)cc2)CC1. The number of piperazine rings is 1. The van der Waals surface area contributed by atoms with Crippen LogP contribution < -0.4 is 4.74 Å². The lowest BCUT2D eigenvalue weighted by Crippen LogP contribution is -2.50. The largest absolute Gasteiger partial charge is 0.489 e. The Hall–Kier alpha value is -3.31. The molecule has 6 heteroatoms. The van der Waals surface area contributed by atoms with Crippen LogP contribution in [0.15, 0.2) is 78.9 Å². The van der Waals surface area contributed by atoms with Crippen LogP contribution in [-0.2, 0) is 6.61 Å². The molecule has 1 aliphatic heterocycles. The number of para-hydroxylation sites is 1. The molecule has 5 nitrogen and oxygen atoms in total. The Labute approximate surface area is 186 Å². The van der Waals surface area contributed by atoms with Gasteiger partial charge in [0.1, 0.15) is 12.4 Å². The van der Waals surface area contributed by atoms with Gasteiger partial charge in [0, 0.05) is 42.3 Å². The second-order valence-corrected chi connectivity index (χ2v) is 7.83. The maximum Gasteiger partial charge on any atom is 0.253 e. The number of carbonyl (C=O) groups excluding carboxylic acids is 2. The van der Waals surface area contributed by atoms with Crippen LogP contribution in [0.3, 0.4) is 0 Å². The zero-order chi connectivity index (χ0) is 21.6. The molecule has 1 fully saturated rings. The van der Waals surface area contributed by atoms with Crippen LogP contribution in [0.2, 0.25) is 5.02 Å². The molecule has 0 radical (unpaired) electrons. The molecule has 1 saturated heterocycles. The molecule has 3 aromatic rings. The molecule has 0 aliphatic carbocycles. The number of halogens is 1. The molecule has 0 aromatic heterocycles. The van der Waals surface area contributed by atoms with E-state index in [0.717, 1.165) is 11.3 Å². The highest BCUT2D eigenvalue weighted by Crippen LogP contribution is 2.16. The number of amides is 2. The van der Waals surface area contributed by atoms with Crippen molar-refractivity contribution in [2.45, 2.75) is 6.61 Å². The highest BCUT2D eigenvalue weighted by Gasteiger charge is 2.25. The summed E-state index contributed by atoms with van der Waals surface area (Å²) in [5, 5.41) is 0.601. The summed E-state index contributed by atoms with van der Waals surface area (Å²) in [7, 11) is 0. The van der Waals surface area contributed by atoms with Crippen LogP contribution in [0.5, 0.6) is 5.75 Å². The molecular formula is C25H23ClN2O3. The van der Waals surface area contributed by atoms with E-state index in [0.29, 0.717) is 48.9 Å². The average molecular weight is 435 g/mol. The van der Waals surface area contributed by atoms with Crippen molar-refractivity contribution in [2.24, 2.45) is 0 Å². The molecular weight excluding hydrogens is 412 g/mol. The van der Waals surface area contributed by atoms with Gasteiger partial charge in [0.15, 0.2) is 0 Å². The smallest absolute Gasteiger partial charge is 0.253 e. The predicted octanol–water partition coefficient (Wildman–Crippen LogP) is 4.52. The van der Waals surface area contributed by atoms with Crippen molar-refractivity contribution in [2.75, 3.05) is 26.2 Å². The van der Waals surface area contributed by atoms with E-state index in [1.807, 2.05) is 54.6 Å². The first-order valence-corrected chi connectivity index (χ1v) is 10.6. The van der Waals surface area contributed by atoms with Crippen molar-refractivity contribution < 1.29 is 14.3 Å². The quantitative estimate of drug-likeness (QED) is 0.593. The zero-order valence-corrected chi connectivity index (χ0v) is 17.8. The summed E-state index contributed by atoms with van der Waals surface area (Å²) in [6.07, 6.45) is 0. The topological polar surface area (TPSA) is 49.9 Å². The number of ether oxygens (including phenoxy) is 1. The third kappa shape index (κ3) is 5.25. The molecule has 1 aliphatic rings. The highest BCUT2D eigenvalue weighted by molar-refractivity contribution is 6.30. The summed E-state index contributed by atoms with van der Waals surface area (Å²) >= 11 is 5.89. The number of benzene rings is 3. The minimum atomic E-state index is -0.0356. The van der Waals surface area contributed by atoms with Crippen molar-refractivity contribution in [3.63, 3.8) is 0 Å². The fourth-order valence-corrected chi connectivity index (χ4v) is 3.62. The Kier molecular flexibility index (Phi) is 6.53. The molecule has 4 rings (SSSR count). The van der Waals surface area contributed by atoms with E-state index in [-0.39, 0.29) is 11.8 Å². The third-order valence-electron chi connectivity index (χ3n) is 5.29. The summed E-state index contributed by atoms with van der Waals surface area (Å²) in [5.41, 5.74) is 2.25. The van der Waals surface area contributed by atoms with Crippen LogP contribution in [0.25, 0.3) is 0 Å². The summed E-state index contributed by atoms with van der Waals surface area (Å²) in [6.45, 7) is 2.49. The number of hydrogen-bond donors (Lipinski definition) is 0. The maximum atomic E-state index is 12.9. The molecule has 0 N–H and O–H groups in total. The molecule has 0 unspecified atom stereocenters. The van der Waals surface area contributed by atoms with Gasteiger partial charge in [-0.1, -0.05) is 41.9 Å². The molecule has 1 heterocycles. The number of nitrogens with zero attached hydrogens (tertiary/aromatic N) is 2. The fourth-order valence-electron chi connectivity index (χ4n) is 3.50. The summed E-state index contributed by atoms with van der Waals surface area (Å²) in [4.78, 5) is 29.0. The van der Waals surface area contributed by atoms with Crippen LogP contribution in [0.4, 0.5) is 0 Å². The van der Waals surface area contributed by atoms with E-state index in [2.05, 4.69) is 0 Å². The van der Waals surface area contributed by atoms with E-state index < -0.39 is 0 Å². The molecule has 3 aromatic carbocycles. The minimum absolute atomic E-state index is 0.0193. The van der Waals surface area contributed by atoms with Crippen molar-refractivity contribution in [3.8, 4) is 5.75 Å². The van der Waals surface area contributed by atoms with Crippen molar-refractivity contribution in [1.29, 1.82) is 0 Å². The standard InChI is InChI=1S/C25H23ClN2O3/c26-22-12-10-21(11-13-22)25(30)28-16-14-27(15-17-28)24(29)20-8-6-19(7-9-20)18-31-23-4-2-1-3-5-23/h1-13H,14-18H2. The van der Waals surface area contributed by atoms with Gasteiger partial charge in [-0.15, -0.1) is 0 Å². The molecule has 0 spiro atoms. The Balaban J connectivity index is 1.30. The van der Waals surface area contributed by atoms with Crippen molar-refractivity contribution in [3.05, 3.63) is 101 Å². The highest BCUT2D eigenvalue weighted by atomic mass is 35.5. The molecule has 31 heavy (non-hydrogen) atoms. The van der Waals surface area contributed by atoms with E-state index in [4.69, 9.17) is 16.3 Å². The summed E-state index contributed by atoms with van der Waals surface area (Å²) in [6, 6.07) is 24.0. The molecule has 0 atom stereocenters. The lowest BCUT2D eigenvalue weighted by molar-refractivity contribution is 0.0535. The molecule has 0 saturated carbocycles. The molecule has 0 bridgehead atoms. The first kappa shape index (κ1) is 20.9. The Morgan fingerprint density at radius 1 is 0.710 bits per heavy atom. The second-order valence-electron chi connectivity index (χ2n) is 7.39. The van der Waals surface area contributed by atoms with Gasteiger partial charge in [-0.2, -0.15) is 0 Å². The zero-order valence-electron chi connectivity index (χ0n) is 17.0. The van der Waals surface area contributed by atoms with Crippen molar-refractivity contribution in [1.82, 2.24) is 9.80 Å². The summed E-state index contributed by atoms with van der Waals surface area (Å²) in [5.74, 6) is 0.759. The van der Waals surface area contributed by atoms with Crippen LogP contribution >= 0.6 is 11.6 Å². The van der Waals surface area contributed by atoms with E-state index >= 15 is 0 Å². The van der Waals surface area contributed by atoms with Crippen LogP contribution in [0, 0.1) is 0 Å². The van der Waals surface area contributed by atoms with Gasteiger partial charge in [0.2, 0.25) is 0 Å². The van der Waals surface area contributed by atoms with Crippen LogP contribution in [-0.4, -0.2) is 47.8 Å². The second kappa shape index (κ2) is 9.67. The number of carbonyl (C=O) groups is 2. The summed E-state index contributed by atoms with van der Waals surface area (Å²) < 4.78 is 5.75. The van der Waals surface area contributed by atoms with Gasteiger partial charge < -0.3 is 14.5 Å². The number of hydrogen-bond acceptors (Lipinski definition) is 3. The van der Waals surface area contributed by atoms with Gasteiger partial charge >= 0.3 is 0 Å². The fraction of sp³-hybridized carbons (Fsp3) is 0.200. The lowest BCUT2D eigenvalue weighted by atomic mass is 10.1. The molecule has 158 valence electrons. The van der Waals surface area contributed by atoms with Crippen LogP contribution in [0.1, 0.15) is 26.3 Å². The Morgan fingerprint density at radius 3 is 1.71 bits per heavy atom. The van der Waals surface area contributed by atoms with E-state index in [1.165, 1.54) is 0 Å². The monoisotopic (exact) mass is 434 g/mol. The van der Waals surface area contributed by atoms with Gasteiger partial charge in [0.05, 0.1) is 0 Å². The van der Waals surface area contributed by atoms with Gasteiger partial charge in [-0.25, -0.2) is 0 Å². The minimum Gasteiger partial charge on any atom is -0.489 e. The van der Waals surface area contributed by atoms with Gasteiger partial charge in [-0.3, -0.25) is 9.59 Å². The third-order valence-corrected chi connectivity index (χ3v) is 5.55. The first-order chi connectivity index (χ1) is 15.1. The average Bonchev–Trinajstić information content (AvgIpc) is 2.83. The lowest BCUT2D eigenvalue weighted by Gasteiger charge is -2.35. The maximum absolute atomic E-state index is 12.9. The number of rotatable bonds is 5. The first-order valence-electron chi connectivity index (χ1n) is 10.2. The van der Waals surface area contributed by atoms with E-state index in [1.54, 1.807) is 34.1 Å². The molecule has 2 amide bonds. The van der Waals surface area contributed by atoms with E-state index in [9.17, 15) is 9.59 Å². The normalized spacial score (nSPS) is 13.7. The van der Waals surface area contributed by atoms with Crippen molar-refractivity contribution >= 4 is 23.4 Å². The predicted molar refractivity (Wildman–Crippen MR) is 120 cm³/mol. The van der Waals surface area contributed by atoms with Gasteiger partial charge in [-0.05, 0) is 54.1 Å². The Morgan fingerprint density at radius 2 is 1.19 bits per heavy atom. The van der Waals surface area contributed by atoms with Gasteiger partial charge in [0.25, 0.3) is 11.8 Å². The Bertz CT molecular complexity index is 1030.